The molecule has 0 fully saturated rings. The van der Waals surface area contributed by atoms with Crippen LogP contribution in [0.25, 0.3) is 0 Å². The molecule has 0 radical (unpaired) electrons. The van der Waals surface area contributed by atoms with E-state index in [1.54, 1.807) is 13.0 Å². The molecule has 19 heavy (non-hydrogen) atoms. The fourth-order valence-corrected chi connectivity index (χ4v) is 2.06. The number of benzene rings is 2. The number of hydrogen-bond donors (Lipinski definition) is 1. The van der Waals surface area contributed by atoms with Gasteiger partial charge in [0, 0.05) is 5.56 Å². The van der Waals surface area contributed by atoms with Crippen molar-refractivity contribution in [3.8, 4) is 5.75 Å². The fourth-order valence-electron chi connectivity index (χ4n) is 1.69. The summed E-state index contributed by atoms with van der Waals surface area (Å²) >= 11 is 12.0. The van der Waals surface area contributed by atoms with Crippen molar-refractivity contribution >= 4 is 23.2 Å². The Labute approximate surface area is 122 Å². The molecular weight excluding hydrogens is 283 g/mol. The minimum absolute atomic E-state index is 0.336. The van der Waals surface area contributed by atoms with E-state index < -0.39 is 6.10 Å². The van der Waals surface area contributed by atoms with Crippen molar-refractivity contribution < 1.29 is 9.84 Å². The Bertz CT molecular complexity index is 568. The van der Waals surface area contributed by atoms with Crippen LogP contribution in [0.5, 0.6) is 5.75 Å². The van der Waals surface area contributed by atoms with Crippen LogP contribution >= 0.6 is 23.2 Å². The Morgan fingerprint density at radius 3 is 2.63 bits per heavy atom. The summed E-state index contributed by atoms with van der Waals surface area (Å²) in [5.41, 5.74) is 1.64. The lowest BCUT2D eigenvalue weighted by atomic mass is 10.1. The molecular formula is C15H14Cl2O2. The topological polar surface area (TPSA) is 29.5 Å². The second kappa shape index (κ2) is 6.29. The Morgan fingerprint density at radius 2 is 1.89 bits per heavy atom. The molecule has 0 bridgehead atoms. The van der Waals surface area contributed by atoms with E-state index in [9.17, 15) is 5.11 Å². The van der Waals surface area contributed by atoms with Gasteiger partial charge in [-0.2, -0.15) is 0 Å². The van der Waals surface area contributed by atoms with Gasteiger partial charge in [0.2, 0.25) is 0 Å². The maximum atomic E-state index is 9.52. The van der Waals surface area contributed by atoms with Gasteiger partial charge in [0.05, 0.1) is 16.1 Å². The van der Waals surface area contributed by atoms with Crippen molar-refractivity contribution in [1.29, 1.82) is 0 Å². The second-order valence-electron chi connectivity index (χ2n) is 4.25. The van der Waals surface area contributed by atoms with Crippen molar-refractivity contribution in [2.24, 2.45) is 0 Å². The summed E-state index contributed by atoms with van der Waals surface area (Å²) in [6.07, 6.45) is -0.515. The summed E-state index contributed by atoms with van der Waals surface area (Å²) in [5.74, 6) is 0.689. The first-order valence-electron chi connectivity index (χ1n) is 5.91. The third-order valence-electron chi connectivity index (χ3n) is 2.77. The zero-order valence-electron chi connectivity index (χ0n) is 10.4. The van der Waals surface area contributed by atoms with E-state index in [0.29, 0.717) is 22.4 Å². The molecule has 0 aromatic heterocycles. The van der Waals surface area contributed by atoms with Crippen molar-refractivity contribution in [2.75, 3.05) is 0 Å². The number of aliphatic hydroxyl groups excluding tert-OH is 1. The van der Waals surface area contributed by atoms with E-state index in [-0.39, 0.29) is 0 Å². The summed E-state index contributed by atoms with van der Waals surface area (Å²) in [6, 6.07) is 12.8. The lowest BCUT2D eigenvalue weighted by Gasteiger charge is -2.11. The summed E-state index contributed by atoms with van der Waals surface area (Å²) in [7, 11) is 0. The average Bonchev–Trinajstić information content (AvgIpc) is 2.41. The van der Waals surface area contributed by atoms with Crippen molar-refractivity contribution in [1.82, 2.24) is 0 Å². The predicted octanol–water partition coefficient (Wildman–Crippen LogP) is 4.63. The lowest BCUT2D eigenvalue weighted by Crippen LogP contribution is -1.98. The normalized spacial score (nSPS) is 12.2. The molecule has 1 N–H and O–H groups in total. The molecule has 2 aromatic rings. The van der Waals surface area contributed by atoms with Crippen LogP contribution in [0.15, 0.2) is 42.5 Å². The zero-order chi connectivity index (χ0) is 13.8. The third-order valence-corrected chi connectivity index (χ3v) is 3.62. The van der Waals surface area contributed by atoms with Gasteiger partial charge in [0.25, 0.3) is 0 Å². The second-order valence-corrected chi connectivity index (χ2v) is 5.04. The van der Waals surface area contributed by atoms with Crippen LogP contribution in [0.3, 0.4) is 0 Å². The largest absolute Gasteiger partial charge is 0.489 e. The van der Waals surface area contributed by atoms with Gasteiger partial charge < -0.3 is 9.84 Å². The van der Waals surface area contributed by atoms with Gasteiger partial charge >= 0.3 is 0 Å². The molecule has 100 valence electrons. The number of rotatable bonds is 4. The Balaban J connectivity index is 2.10. The van der Waals surface area contributed by atoms with Crippen molar-refractivity contribution in [3.05, 3.63) is 63.6 Å². The Hall–Kier alpha value is -1.22. The third kappa shape index (κ3) is 3.63. The van der Waals surface area contributed by atoms with Gasteiger partial charge in [-0.25, -0.2) is 0 Å². The van der Waals surface area contributed by atoms with Gasteiger partial charge in [-0.3, -0.25) is 0 Å². The summed E-state index contributed by atoms with van der Waals surface area (Å²) < 4.78 is 5.66. The fraction of sp³-hybridized carbons (Fsp3) is 0.200. The van der Waals surface area contributed by atoms with E-state index >= 15 is 0 Å². The molecule has 0 aliphatic heterocycles. The molecule has 0 saturated carbocycles. The Morgan fingerprint density at radius 1 is 1.16 bits per heavy atom. The summed E-state index contributed by atoms with van der Waals surface area (Å²) in [6.45, 7) is 2.05. The lowest BCUT2D eigenvalue weighted by molar-refractivity contribution is 0.198. The molecule has 2 nitrogen and oxygen atoms in total. The molecule has 1 atom stereocenters. The highest BCUT2D eigenvalue weighted by atomic mass is 35.5. The molecule has 0 aliphatic rings. The number of halogens is 2. The SMILES string of the molecule is C[C@H](O)c1cccc(OCc2cccc(Cl)c2Cl)c1. The molecule has 0 amide bonds. The van der Waals surface area contributed by atoms with Gasteiger partial charge in [-0.15, -0.1) is 0 Å². The van der Waals surface area contributed by atoms with E-state index in [1.165, 1.54) is 0 Å². The molecule has 2 rings (SSSR count). The minimum atomic E-state index is -0.515. The molecule has 0 spiro atoms. The van der Waals surface area contributed by atoms with Gasteiger partial charge in [0.1, 0.15) is 12.4 Å². The molecule has 0 unspecified atom stereocenters. The number of aliphatic hydroxyl groups is 1. The quantitative estimate of drug-likeness (QED) is 0.891. The van der Waals surface area contributed by atoms with Crippen LogP contribution in [-0.4, -0.2) is 5.11 Å². The van der Waals surface area contributed by atoms with Crippen LogP contribution in [0.1, 0.15) is 24.2 Å². The molecule has 4 heteroatoms. The molecule has 0 heterocycles. The van der Waals surface area contributed by atoms with Gasteiger partial charge in [-0.1, -0.05) is 47.5 Å². The average molecular weight is 297 g/mol. The summed E-state index contributed by atoms with van der Waals surface area (Å²) in [4.78, 5) is 0. The predicted molar refractivity (Wildman–Crippen MR) is 77.9 cm³/mol. The standard InChI is InChI=1S/C15H14Cl2O2/c1-10(18)11-4-2-6-13(8-11)19-9-12-5-3-7-14(16)15(12)17/h2-8,10,18H,9H2,1H3/t10-/m0/s1. The van der Waals surface area contributed by atoms with Crippen LogP contribution < -0.4 is 4.74 Å². The first-order chi connectivity index (χ1) is 9.08. The highest BCUT2D eigenvalue weighted by Gasteiger charge is 2.06. The van der Waals surface area contributed by atoms with E-state index in [1.807, 2.05) is 36.4 Å². The van der Waals surface area contributed by atoms with Crippen LogP contribution in [0.2, 0.25) is 10.0 Å². The first-order valence-corrected chi connectivity index (χ1v) is 6.67. The van der Waals surface area contributed by atoms with Crippen LogP contribution in [0.4, 0.5) is 0 Å². The maximum Gasteiger partial charge on any atom is 0.120 e. The number of hydrogen-bond acceptors (Lipinski definition) is 2. The molecule has 0 aliphatic carbocycles. The van der Waals surface area contributed by atoms with Crippen LogP contribution in [0, 0.1) is 0 Å². The monoisotopic (exact) mass is 296 g/mol. The number of ether oxygens (including phenoxy) is 1. The zero-order valence-corrected chi connectivity index (χ0v) is 11.9. The van der Waals surface area contributed by atoms with E-state index in [2.05, 4.69) is 0 Å². The highest BCUT2D eigenvalue weighted by molar-refractivity contribution is 6.42. The molecule has 2 aromatic carbocycles. The van der Waals surface area contributed by atoms with E-state index in [0.717, 1.165) is 11.1 Å². The van der Waals surface area contributed by atoms with Crippen molar-refractivity contribution in [2.45, 2.75) is 19.6 Å². The van der Waals surface area contributed by atoms with Crippen molar-refractivity contribution in [3.63, 3.8) is 0 Å². The highest BCUT2D eigenvalue weighted by Crippen LogP contribution is 2.27. The summed E-state index contributed by atoms with van der Waals surface area (Å²) in [5, 5.41) is 10.5. The van der Waals surface area contributed by atoms with Gasteiger partial charge in [0.15, 0.2) is 0 Å². The minimum Gasteiger partial charge on any atom is -0.489 e. The van der Waals surface area contributed by atoms with Gasteiger partial charge in [-0.05, 0) is 30.7 Å². The maximum absolute atomic E-state index is 9.52. The van der Waals surface area contributed by atoms with E-state index in [4.69, 9.17) is 27.9 Å². The van der Waals surface area contributed by atoms with Crippen LogP contribution in [-0.2, 0) is 6.61 Å². The first kappa shape index (κ1) is 14.2. The smallest absolute Gasteiger partial charge is 0.120 e. The Kier molecular flexibility index (Phi) is 4.70. The molecule has 0 saturated heterocycles.